The molecule has 0 bridgehead atoms. The molecule has 0 radical (unpaired) electrons. The number of H-pyrrole nitrogens is 2. The lowest BCUT2D eigenvalue weighted by molar-refractivity contribution is 0.410. The second-order valence-electron chi connectivity index (χ2n) is 6.46. The fourth-order valence-electron chi connectivity index (χ4n) is 3.42. The van der Waals surface area contributed by atoms with Gasteiger partial charge in [0.05, 0.1) is 29.2 Å². The second kappa shape index (κ2) is 6.34. The van der Waals surface area contributed by atoms with Gasteiger partial charge in [0.15, 0.2) is 5.65 Å². The SMILES string of the molecule is COc1ccccc1Cc1nc2ccc(-c3[nH]nc4ncnc(N)c34)cc2[nH]1. The van der Waals surface area contributed by atoms with Gasteiger partial charge in [0.1, 0.15) is 23.7 Å². The zero-order valence-corrected chi connectivity index (χ0v) is 15.1. The summed E-state index contributed by atoms with van der Waals surface area (Å²) >= 11 is 0. The van der Waals surface area contributed by atoms with Crippen LogP contribution in [-0.4, -0.2) is 37.2 Å². The van der Waals surface area contributed by atoms with Crippen molar-refractivity contribution in [2.75, 3.05) is 12.8 Å². The van der Waals surface area contributed by atoms with Gasteiger partial charge in [-0.2, -0.15) is 5.10 Å². The predicted octanol–water partition coefficient (Wildman–Crippen LogP) is 3.08. The van der Waals surface area contributed by atoms with Crippen molar-refractivity contribution in [3.8, 4) is 17.0 Å². The maximum absolute atomic E-state index is 6.03. The summed E-state index contributed by atoms with van der Waals surface area (Å²) in [7, 11) is 1.67. The van der Waals surface area contributed by atoms with E-state index in [1.165, 1.54) is 6.33 Å². The molecule has 5 aromatic rings. The van der Waals surface area contributed by atoms with E-state index < -0.39 is 0 Å². The molecular weight excluding hydrogens is 354 g/mol. The third kappa shape index (κ3) is 2.62. The monoisotopic (exact) mass is 371 g/mol. The lowest BCUT2D eigenvalue weighted by atomic mass is 10.1. The third-order valence-corrected chi connectivity index (χ3v) is 4.75. The minimum absolute atomic E-state index is 0.398. The van der Waals surface area contributed by atoms with Crippen LogP contribution in [0, 0.1) is 0 Å². The van der Waals surface area contributed by atoms with Crippen LogP contribution in [0.4, 0.5) is 5.82 Å². The summed E-state index contributed by atoms with van der Waals surface area (Å²) in [6.07, 6.45) is 2.06. The van der Waals surface area contributed by atoms with Gasteiger partial charge >= 0.3 is 0 Å². The van der Waals surface area contributed by atoms with Crippen LogP contribution < -0.4 is 10.5 Å². The molecule has 8 nitrogen and oxygen atoms in total. The lowest BCUT2D eigenvalue weighted by Crippen LogP contribution is -1.94. The summed E-state index contributed by atoms with van der Waals surface area (Å²) in [5, 5.41) is 7.95. The van der Waals surface area contributed by atoms with Gasteiger partial charge in [0.25, 0.3) is 0 Å². The van der Waals surface area contributed by atoms with Gasteiger partial charge in [-0.25, -0.2) is 15.0 Å². The summed E-state index contributed by atoms with van der Waals surface area (Å²) < 4.78 is 5.44. The number of benzene rings is 2. The van der Waals surface area contributed by atoms with E-state index in [0.29, 0.717) is 17.9 Å². The van der Waals surface area contributed by atoms with Crippen molar-refractivity contribution >= 4 is 27.9 Å². The van der Waals surface area contributed by atoms with Gasteiger partial charge in [-0.05, 0) is 18.2 Å². The van der Waals surface area contributed by atoms with Crippen LogP contribution in [0.25, 0.3) is 33.3 Å². The van der Waals surface area contributed by atoms with Crippen molar-refractivity contribution in [3.63, 3.8) is 0 Å². The van der Waals surface area contributed by atoms with Crippen molar-refractivity contribution in [2.24, 2.45) is 0 Å². The molecule has 0 unspecified atom stereocenters. The first-order valence-electron chi connectivity index (χ1n) is 8.78. The van der Waals surface area contributed by atoms with Crippen molar-refractivity contribution in [1.82, 2.24) is 30.1 Å². The maximum Gasteiger partial charge on any atom is 0.186 e. The van der Waals surface area contributed by atoms with Crippen LogP contribution >= 0.6 is 0 Å². The molecule has 0 amide bonds. The molecule has 0 atom stereocenters. The summed E-state index contributed by atoms with van der Waals surface area (Å²) in [5.41, 5.74) is 11.2. The number of methoxy groups -OCH3 is 1. The molecule has 5 rings (SSSR count). The van der Waals surface area contributed by atoms with E-state index in [1.807, 2.05) is 42.5 Å². The molecule has 0 spiro atoms. The molecule has 4 N–H and O–H groups in total. The molecule has 0 aliphatic rings. The fourth-order valence-corrected chi connectivity index (χ4v) is 3.42. The van der Waals surface area contributed by atoms with Crippen LogP contribution in [0.15, 0.2) is 48.8 Å². The van der Waals surface area contributed by atoms with Crippen molar-refractivity contribution in [2.45, 2.75) is 6.42 Å². The molecule has 0 aliphatic carbocycles. The number of fused-ring (bicyclic) bond motifs is 2. The van der Waals surface area contributed by atoms with E-state index in [2.05, 4.69) is 25.1 Å². The highest BCUT2D eigenvalue weighted by atomic mass is 16.5. The quantitative estimate of drug-likeness (QED) is 0.447. The summed E-state index contributed by atoms with van der Waals surface area (Å²) in [6.45, 7) is 0. The van der Waals surface area contributed by atoms with Gasteiger partial charge in [-0.15, -0.1) is 0 Å². The van der Waals surface area contributed by atoms with Crippen molar-refractivity contribution in [1.29, 1.82) is 0 Å². The van der Waals surface area contributed by atoms with E-state index in [0.717, 1.165) is 44.8 Å². The maximum atomic E-state index is 6.03. The zero-order chi connectivity index (χ0) is 19.1. The Labute approximate surface area is 159 Å². The highest BCUT2D eigenvalue weighted by Gasteiger charge is 2.14. The number of rotatable bonds is 4. The number of nitrogens with one attached hydrogen (secondary N) is 2. The van der Waals surface area contributed by atoms with Gasteiger partial charge < -0.3 is 15.5 Å². The Kier molecular flexibility index (Phi) is 3.68. The number of nitrogens with two attached hydrogens (primary N) is 1. The molecule has 2 aromatic carbocycles. The van der Waals surface area contributed by atoms with E-state index in [1.54, 1.807) is 7.11 Å². The number of aromatic nitrogens is 6. The fraction of sp³-hybridized carbons (Fsp3) is 0.100. The van der Waals surface area contributed by atoms with Crippen LogP contribution in [-0.2, 0) is 6.42 Å². The standard InChI is InChI=1S/C20H17N7O/c1-28-15-5-3-2-4-11(15)9-16-24-13-7-6-12(8-14(13)25-16)18-17-19(21)22-10-23-20(17)27-26-18/h2-8,10H,9H2,1H3,(H,24,25)(H3,21,22,23,26,27). The zero-order valence-electron chi connectivity index (χ0n) is 15.1. The summed E-state index contributed by atoms with van der Waals surface area (Å²) in [6, 6.07) is 13.9. The molecule has 3 heterocycles. The van der Waals surface area contributed by atoms with Crippen molar-refractivity contribution in [3.05, 3.63) is 60.2 Å². The Morgan fingerprint density at radius 3 is 2.89 bits per heavy atom. The number of anilines is 1. The largest absolute Gasteiger partial charge is 0.496 e. The molecule has 3 aromatic heterocycles. The van der Waals surface area contributed by atoms with Crippen LogP contribution in [0.1, 0.15) is 11.4 Å². The Bertz CT molecular complexity index is 1300. The van der Waals surface area contributed by atoms with Crippen LogP contribution in [0.2, 0.25) is 0 Å². The molecule has 138 valence electrons. The van der Waals surface area contributed by atoms with Crippen molar-refractivity contribution < 1.29 is 4.74 Å². The van der Waals surface area contributed by atoms with Gasteiger partial charge in [-0.1, -0.05) is 24.3 Å². The molecule has 0 fully saturated rings. The average molecular weight is 371 g/mol. The molecule has 0 saturated heterocycles. The summed E-state index contributed by atoms with van der Waals surface area (Å²) in [4.78, 5) is 16.3. The number of imidazole rings is 1. The van der Waals surface area contributed by atoms with Gasteiger partial charge in [-0.3, -0.25) is 5.10 Å². The van der Waals surface area contributed by atoms with Crippen LogP contribution in [0.5, 0.6) is 5.75 Å². The Morgan fingerprint density at radius 2 is 2.00 bits per heavy atom. The second-order valence-corrected chi connectivity index (χ2v) is 6.46. The van der Waals surface area contributed by atoms with E-state index >= 15 is 0 Å². The molecule has 0 aliphatic heterocycles. The number of hydrogen-bond donors (Lipinski definition) is 3. The molecule has 0 saturated carbocycles. The first kappa shape index (κ1) is 16.2. The number of nitrogens with zero attached hydrogens (tertiary/aromatic N) is 4. The van der Waals surface area contributed by atoms with Gasteiger partial charge in [0.2, 0.25) is 0 Å². The number of aromatic amines is 2. The first-order chi connectivity index (χ1) is 13.7. The molecular formula is C20H17N7O. The Morgan fingerprint density at radius 1 is 1.11 bits per heavy atom. The smallest absolute Gasteiger partial charge is 0.186 e. The third-order valence-electron chi connectivity index (χ3n) is 4.75. The highest BCUT2D eigenvalue weighted by molar-refractivity contribution is 5.99. The number of para-hydroxylation sites is 1. The average Bonchev–Trinajstić information content (AvgIpc) is 3.32. The van der Waals surface area contributed by atoms with Gasteiger partial charge in [0, 0.05) is 17.5 Å². The highest BCUT2D eigenvalue weighted by Crippen LogP contribution is 2.30. The number of nitrogen functional groups attached to an aromatic ring is 1. The van der Waals surface area contributed by atoms with E-state index in [9.17, 15) is 0 Å². The molecule has 28 heavy (non-hydrogen) atoms. The number of hydrogen-bond acceptors (Lipinski definition) is 6. The normalized spacial score (nSPS) is 11.3. The van der Waals surface area contributed by atoms with Crippen LogP contribution in [0.3, 0.4) is 0 Å². The van der Waals surface area contributed by atoms with E-state index in [-0.39, 0.29) is 0 Å². The minimum Gasteiger partial charge on any atom is -0.496 e. The Balaban J connectivity index is 1.55. The minimum atomic E-state index is 0.398. The topological polar surface area (TPSA) is 118 Å². The molecule has 8 heteroatoms. The number of ether oxygens (including phenoxy) is 1. The first-order valence-corrected chi connectivity index (χ1v) is 8.78. The predicted molar refractivity (Wildman–Crippen MR) is 107 cm³/mol. The Hall–Kier alpha value is -3.94. The summed E-state index contributed by atoms with van der Waals surface area (Å²) in [5.74, 6) is 2.12. The van der Waals surface area contributed by atoms with E-state index in [4.69, 9.17) is 15.5 Å². The lowest BCUT2D eigenvalue weighted by Gasteiger charge is -2.05.